The fourth-order valence-corrected chi connectivity index (χ4v) is 2.12. The molecule has 0 atom stereocenters. The number of fused-ring (bicyclic) bond motifs is 1. The van der Waals surface area contributed by atoms with E-state index in [4.69, 9.17) is 5.26 Å². The van der Waals surface area contributed by atoms with E-state index in [0.29, 0.717) is 19.5 Å². The van der Waals surface area contributed by atoms with Gasteiger partial charge in [0.25, 0.3) is 0 Å². The van der Waals surface area contributed by atoms with Gasteiger partial charge in [-0.15, -0.1) is 0 Å². The summed E-state index contributed by atoms with van der Waals surface area (Å²) < 4.78 is 0. The molecule has 4 heteroatoms. The van der Waals surface area contributed by atoms with Gasteiger partial charge in [0, 0.05) is 18.5 Å². The predicted octanol–water partition coefficient (Wildman–Crippen LogP) is 3.61. The summed E-state index contributed by atoms with van der Waals surface area (Å²) in [6.07, 6.45) is 0.344. The number of nitriles is 1. The van der Waals surface area contributed by atoms with Crippen LogP contribution in [0.5, 0.6) is 0 Å². The molecule has 0 fully saturated rings. The van der Waals surface area contributed by atoms with Crippen LogP contribution in [-0.4, -0.2) is 24.0 Å². The van der Waals surface area contributed by atoms with E-state index in [1.807, 2.05) is 49.4 Å². The van der Waals surface area contributed by atoms with Crippen LogP contribution in [0.3, 0.4) is 0 Å². The summed E-state index contributed by atoms with van der Waals surface area (Å²) in [4.78, 5) is 13.8. The number of benzene rings is 2. The van der Waals surface area contributed by atoms with Gasteiger partial charge in [0.1, 0.15) is 0 Å². The van der Waals surface area contributed by atoms with Gasteiger partial charge in [0.05, 0.1) is 18.2 Å². The van der Waals surface area contributed by atoms with Crippen molar-refractivity contribution in [3.63, 3.8) is 0 Å². The summed E-state index contributed by atoms with van der Waals surface area (Å²) in [6, 6.07) is 15.6. The first kappa shape index (κ1) is 13.9. The van der Waals surface area contributed by atoms with Crippen molar-refractivity contribution < 1.29 is 4.79 Å². The third kappa shape index (κ3) is 3.07. The number of carbonyl (C=O) groups excluding carboxylic acids is 1. The Morgan fingerprint density at radius 2 is 2.00 bits per heavy atom. The lowest BCUT2D eigenvalue weighted by Gasteiger charge is -2.20. The van der Waals surface area contributed by atoms with Crippen LogP contribution in [0.1, 0.15) is 13.3 Å². The van der Waals surface area contributed by atoms with Crippen LogP contribution in [0.15, 0.2) is 42.5 Å². The smallest absolute Gasteiger partial charge is 0.321 e. The highest BCUT2D eigenvalue weighted by atomic mass is 16.2. The molecule has 0 spiro atoms. The van der Waals surface area contributed by atoms with Crippen molar-refractivity contribution in [2.24, 2.45) is 0 Å². The summed E-state index contributed by atoms with van der Waals surface area (Å²) in [6.45, 7) is 2.93. The Morgan fingerprint density at radius 1 is 1.25 bits per heavy atom. The standard InChI is InChI=1S/C16H17N3O/c1-2-19(12-6-11-17)16(20)18-15-10-5-8-13-7-3-4-9-14(13)15/h3-5,7-10H,2,6,12H2,1H3,(H,18,20). The second kappa shape index (κ2) is 6.58. The first-order valence-corrected chi connectivity index (χ1v) is 6.67. The highest BCUT2D eigenvalue weighted by Crippen LogP contribution is 2.23. The van der Waals surface area contributed by atoms with Gasteiger partial charge in [-0.3, -0.25) is 0 Å². The number of anilines is 1. The average Bonchev–Trinajstić information content (AvgIpc) is 2.48. The number of amides is 2. The average molecular weight is 267 g/mol. The number of nitrogens with zero attached hydrogens (tertiary/aromatic N) is 2. The van der Waals surface area contributed by atoms with E-state index in [0.717, 1.165) is 16.5 Å². The fourth-order valence-electron chi connectivity index (χ4n) is 2.12. The predicted molar refractivity (Wildman–Crippen MR) is 80.4 cm³/mol. The van der Waals surface area contributed by atoms with Crippen molar-refractivity contribution in [2.75, 3.05) is 18.4 Å². The van der Waals surface area contributed by atoms with Crippen LogP contribution < -0.4 is 5.32 Å². The molecule has 0 saturated carbocycles. The summed E-state index contributed by atoms with van der Waals surface area (Å²) in [5, 5.41) is 13.6. The van der Waals surface area contributed by atoms with Crippen LogP contribution in [0.4, 0.5) is 10.5 Å². The Hall–Kier alpha value is -2.54. The van der Waals surface area contributed by atoms with Crippen molar-refractivity contribution in [2.45, 2.75) is 13.3 Å². The molecule has 0 unspecified atom stereocenters. The minimum Gasteiger partial charge on any atom is -0.324 e. The third-order valence-corrected chi connectivity index (χ3v) is 3.19. The minimum atomic E-state index is -0.167. The molecule has 2 aromatic rings. The van der Waals surface area contributed by atoms with Gasteiger partial charge in [-0.1, -0.05) is 36.4 Å². The summed E-state index contributed by atoms with van der Waals surface area (Å²) >= 11 is 0. The molecule has 0 radical (unpaired) electrons. The Labute approximate surface area is 118 Å². The molecule has 0 aliphatic heterocycles. The second-order valence-corrected chi connectivity index (χ2v) is 4.44. The number of rotatable bonds is 4. The van der Waals surface area contributed by atoms with Gasteiger partial charge in [-0.2, -0.15) is 5.26 Å². The second-order valence-electron chi connectivity index (χ2n) is 4.44. The lowest BCUT2D eigenvalue weighted by molar-refractivity contribution is 0.215. The fraction of sp³-hybridized carbons (Fsp3) is 0.250. The lowest BCUT2D eigenvalue weighted by Crippen LogP contribution is -2.35. The van der Waals surface area contributed by atoms with Gasteiger partial charge in [0.15, 0.2) is 0 Å². The zero-order valence-electron chi connectivity index (χ0n) is 11.5. The van der Waals surface area contributed by atoms with Gasteiger partial charge >= 0.3 is 6.03 Å². The molecule has 0 aliphatic rings. The van der Waals surface area contributed by atoms with E-state index in [2.05, 4.69) is 11.4 Å². The third-order valence-electron chi connectivity index (χ3n) is 3.19. The molecular formula is C16H17N3O. The monoisotopic (exact) mass is 267 g/mol. The van der Waals surface area contributed by atoms with Crippen molar-refractivity contribution in [3.8, 4) is 6.07 Å². The molecule has 2 rings (SSSR count). The quantitative estimate of drug-likeness (QED) is 0.920. The van der Waals surface area contributed by atoms with E-state index in [1.165, 1.54) is 0 Å². The Kier molecular flexibility index (Phi) is 4.56. The molecule has 2 amide bonds. The normalized spacial score (nSPS) is 10.0. The lowest BCUT2D eigenvalue weighted by atomic mass is 10.1. The summed E-state index contributed by atoms with van der Waals surface area (Å²) in [5.74, 6) is 0. The Balaban J connectivity index is 2.19. The molecule has 4 nitrogen and oxygen atoms in total. The van der Waals surface area contributed by atoms with E-state index < -0.39 is 0 Å². The highest BCUT2D eigenvalue weighted by Gasteiger charge is 2.12. The van der Waals surface area contributed by atoms with Crippen LogP contribution in [0.2, 0.25) is 0 Å². The maximum atomic E-state index is 12.2. The molecule has 0 heterocycles. The maximum absolute atomic E-state index is 12.2. The SMILES string of the molecule is CCN(CCC#N)C(=O)Nc1cccc2ccccc12. The Morgan fingerprint density at radius 3 is 2.75 bits per heavy atom. The number of nitrogens with one attached hydrogen (secondary N) is 1. The van der Waals surface area contributed by atoms with E-state index in [9.17, 15) is 4.79 Å². The first-order chi connectivity index (χ1) is 9.76. The highest BCUT2D eigenvalue weighted by molar-refractivity contribution is 6.01. The van der Waals surface area contributed by atoms with Crippen molar-refractivity contribution in [1.29, 1.82) is 5.26 Å². The molecular weight excluding hydrogens is 250 g/mol. The largest absolute Gasteiger partial charge is 0.324 e. The topological polar surface area (TPSA) is 56.1 Å². The number of hydrogen-bond acceptors (Lipinski definition) is 2. The number of hydrogen-bond donors (Lipinski definition) is 1. The van der Waals surface area contributed by atoms with Crippen molar-refractivity contribution in [3.05, 3.63) is 42.5 Å². The van der Waals surface area contributed by atoms with E-state index in [1.54, 1.807) is 4.90 Å². The summed E-state index contributed by atoms with van der Waals surface area (Å²) in [5.41, 5.74) is 0.795. The molecule has 102 valence electrons. The molecule has 0 saturated heterocycles. The van der Waals surface area contributed by atoms with Gasteiger partial charge in [0.2, 0.25) is 0 Å². The van der Waals surface area contributed by atoms with Crippen LogP contribution >= 0.6 is 0 Å². The zero-order chi connectivity index (χ0) is 14.4. The Bertz CT molecular complexity index is 640. The first-order valence-electron chi connectivity index (χ1n) is 6.67. The van der Waals surface area contributed by atoms with Gasteiger partial charge < -0.3 is 10.2 Å². The summed E-state index contributed by atoms with van der Waals surface area (Å²) in [7, 11) is 0. The van der Waals surface area contributed by atoms with Crippen LogP contribution in [0.25, 0.3) is 10.8 Å². The number of urea groups is 1. The van der Waals surface area contributed by atoms with Gasteiger partial charge in [-0.05, 0) is 18.4 Å². The molecule has 0 aliphatic carbocycles. The van der Waals surface area contributed by atoms with Crippen LogP contribution in [0, 0.1) is 11.3 Å². The maximum Gasteiger partial charge on any atom is 0.321 e. The minimum absolute atomic E-state index is 0.167. The van der Waals surface area contributed by atoms with E-state index in [-0.39, 0.29) is 6.03 Å². The molecule has 0 aromatic heterocycles. The number of carbonyl (C=O) groups is 1. The molecule has 1 N–H and O–H groups in total. The zero-order valence-corrected chi connectivity index (χ0v) is 11.5. The van der Waals surface area contributed by atoms with Crippen molar-refractivity contribution in [1.82, 2.24) is 4.90 Å². The van der Waals surface area contributed by atoms with Crippen LogP contribution in [-0.2, 0) is 0 Å². The van der Waals surface area contributed by atoms with E-state index >= 15 is 0 Å². The molecule has 20 heavy (non-hydrogen) atoms. The van der Waals surface area contributed by atoms with Gasteiger partial charge in [-0.25, -0.2) is 4.79 Å². The molecule has 0 bridgehead atoms. The van der Waals surface area contributed by atoms with Crippen molar-refractivity contribution >= 4 is 22.5 Å². The molecule has 2 aromatic carbocycles.